The summed E-state index contributed by atoms with van der Waals surface area (Å²) in [5.41, 5.74) is -0.841. The van der Waals surface area contributed by atoms with Crippen LogP contribution in [0.15, 0.2) is 18.3 Å². The lowest BCUT2D eigenvalue weighted by Crippen LogP contribution is -2.40. The van der Waals surface area contributed by atoms with Gasteiger partial charge in [0, 0.05) is 26.3 Å². The first-order valence-corrected chi connectivity index (χ1v) is 7.03. The van der Waals surface area contributed by atoms with E-state index >= 15 is 0 Å². The molecule has 6 nitrogen and oxygen atoms in total. The van der Waals surface area contributed by atoms with Gasteiger partial charge in [-0.25, -0.2) is 4.98 Å². The van der Waals surface area contributed by atoms with Crippen LogP contribution in [-0.4, -0.2) is 53.5 Å². The van der Waals surface area contributed by atoms with Gasteiger partial charge in [-0.1, -0.05) is 11.6 Å². The zero-order valence-corrected chi connectivity index (χ0v) is 12.8. The van der Waals surface area contributed by atoms with Crippen LogP contribution in [0.25, 0.3) is 0 Å². The van der Waals surface area contributed by atoms with E-state index in [-0.39, 0.29) is 19.0 Å². The van der Waals surface area contributed by atoms with Crippen molar-refractivity contribution in [1.29, 1.82) is 0 Å². The summed E-state index contributed by atoms with van der Waals surface area (Å²) in [6, 6.07) is 3.45. The SMILES string of the molecule is CN(CC(=O)N1CCC(C)(C(=O)O)C1)c1ccc(Cl)cn1. The van der Waals surface area contributed by atoms with E-state index in [0.717, 1.165) is 0 Å². The molecule has 1 aromatic rings. The van der Waals surface area contributed by atoms with Gasteiger partial charge in [0.25, 0.3) is 0 Å². The summed E-state index contributed by atoms with van der Waals surface area (Å²) >= 11 is 5.77. The van der Waals surface area contributed by atoms with E-state index in [1.165, 1.54) is 6.20 Å². The molecule has 2 rings (SSSR count). The van der Waals surface area contributed by atoms with Crippen molar-refractivity contribution < 1.29 is 14.7 Å². The smallest absolute Gasteiger partial charge is 0.311 e. The van der Waals surface area contributed by atoms with Gasteiger partial charge in [0.2, 0.25) is 5.91 Å². The number of carbonyl (C=O) groups excluding carboxylic acids is 1. The van der Waals surface area contributed by atoms with Crippen LogP contribution < -0.4 is 4.90 Å². The number of aromatic nitrogens is 1. The minimum atomic E-state index is -0.856. The predicted molar refractivity (Wildman–Crippen MR) is 79.5 cm³/mol. The first-order chi connectivity index (χ1) is 9.82. The van der Waals surface area contributed by atoms with Crippen molar-refractivity contribution in [2.24, 2.45) is 5.41 Å². The Morgan fingerprint density at radius 2 is 2.24 bits per heavy atom. The highest BCUT2D eigenvalue weighted by Gasteiger charge is 2.42. The number of halogens is 1. The van der Waals surface area contributed by atoms with Crippen LogP contribution in [0.4, 0.5) is 5.82 Å². The molecule has 21 heavy (non-hydrogen) atoms. The van der Waals surface area contributed by atoms with Crippen molar-refractivity contribution in [1.82, 2.24) is 9.88 Å². The third-order valence-corrected chi connectivity index (χ3v) is 4.04. The number of nitrogens with zero attached hydrogens (tertiary/aromatic N) is 3. The molecule has 1 aromatic heterocycles. The van der Waals surface area contributed by atoms with Gasteiger partial charge in [-0.05, 0) is 25.5 Å². The molecule has 2 heterocycles. The number of aliphatic carboxylic acids is 1. The Hall–Kier alpha value is -1.82. The quantitative estimate of drug-likeness (QED) is 0.912. The van der Waals surface area contributed by atoms with Gasteiger partial charge < -0.3 is 14.9 Å². The fraction of sp³-hybridized carbons (Fsp3) is 0.500. The van der Waals surface area contributed by atoms with Crippen LogP contribution in [0.3, 0.4) is 0 Å². The van der Waals surface area contributed by atoms with Crippen LogP contribution in [-0.2, 0) is 9.59 Å². The molecule has 0 bridgehead atoms. The molecule has 0 spiro atoms. The number of carboxylic acids is 1. The van der Waals surface area contributed by atoms with Gasteiger partial charge in [-0.15, -0.1) is 0 Å². The number of anilines is 1. The van der Waals surface area contributed by atoms with Gasteiger partial charge in [0.05, 0.1) is 17.0 Å². The van der Waals surface area contributed by atoms with Gasteiger partial charge in [0.1, 0.15) is 5.82 Å². The molecule has 0 radical (unpaired) electrons. The Morgan fingerprint density at radius 1 is 1.52 bits per heavy atom. The number of amides is 1. The average molecular weight is 312 g/mol. The second-order valence-corrected chi connectivity index (χ2v) is 6.06. The Labute approximate surface area is 128 Å². The van der Waals surface area contributed by atoms with Crippen LogP contribution >= 0.6 is 11.6 Å². The van der Waals surface area contributed by atoms with E-state index in [9.17, 15) is 14.7 Å². The van der Waals surface area contributed by atoms with Crippen molar-refractivity contribution in [2.45, 2.75) is 13.3 Å². The van der Waals surface area contributed by atoms with Gasteiger partial charge in [-0.2, -0.15) is 0 Å². The second kappa shape index (κ2) is 5.89. The topological polar surface area (TPSA) is 73.7 Å². The number of pyridine rings is 1. The first-order valence-electron chi connectivity index (χ1n) is 6.66. The van der Waals surface area contributed by atoms with Gasteiger partial charge in [0.15, 0.2) is 0 Å². The van der Waals surface area contributed by atoms with E-state index in [2.05, 4.69) is 4.98 Å². The number of likely N-dealkylation sites (N-methyl/N-ethyl adjacent to an activating group) is 1. The van der Waals surface area contributed by atoms with Crippen molar-refractivity contribution >= 4 is 29.3 Å². The molecule has 1 saturated heterocycles. The molecule has 7 heteroatoms. The third kappa shape index (κ3) is 3.44. The maximum absolute atomic E-state index is 12.2. The molecule has 1 aliphatic heterocycles. The van der Waals surface area contributed by atoms with E-state index in [0.29, 0.717) is 23.8 Å². The number of rotatable bonds is 4. The van der Waals surface area contributed by atoms with Crippen LogP contribution in [0.1, 0.15) is 13.3 Å². The van der Waals surface area contributed by atoms with Crippen molar-refractivity contribution in [2.75, 3.05) is 31.6 Å². The summed E-state index contributed by atoms with van der Waals surface area (Å²) < 4.78 is 0. The van der Waals surface area contributed by atoms with Crippen molar-refractivity contribution in [3.63, 3.8) is 0 Å². The molecule has 0 aromatic carbocycles. The number of likely N-dealkylation sites (tertiary alicyclic amines) is 1. The molecule has 1 N–H and O–H groups in total. The zero-order chi connectivity index (χ0) is 15.6. The molecule has 1 fully saturated rings. The largest absolute Gasteiger partial charge is 0.481 e. The van der Waals surface area contributed by atoms with Crippen LogP contribution in [0, 0.1) is 5.41 Å². The maximum Gasteiger partial charge on any atom is 0.311 e. The van der Waals surface area contributed by atoms with Crippen molar-refractivity contribution in [3.8, 4) is 0 Å². The Kier molecular flexibility index (Phi) is 4.37. The number of hydrogen-bond acceptors (Lipinski definition) is 4. The number of carboxylic acid groups (broad SMARTS) is 1. The lowest BCUT2D eigenvalue weighted by molar-refractivity contribution is -0.147. The van der Waals surface area contributed by atoms with E-state index in [4.69, 9.17) is 11.6 Å². The zero-order valence-electron chi connectivity index (χ0n) is 12.0. The van der Waals surface area contributed by atoms with Crippen LogP contribution in [0.2, 0.25) is 5.02 Å². The molecular weight excluding hydrogens is 294 g/mol. The average Bonchev–Trinajstić information content (AvgIpc) is 2.83. The van der Waals surface area contributed by atoms with E-state index in [1.807, 2.05) is 0 Å². The summed E-state index contributed by atoms with van der Waals surface area (Å²) in [6.07, 6.45) is 2.01. The molecule has 0 aliphatic carbocycles. The van der Waals surface area contributed by atoms with E-state index < -0.39 is 11.4 Å². The number of carbonyl (C=O) groups is 2. The fourth-order valence-electron chi connectivity index (χ4n) is 2.33. The monoisotopic (exact) mass is 311 g/mol. The van der Waals surface area contributed by atoms with E-state index in [1.54, 1.807) is 35.9 Å². The second-order valence-electron chi connectivity index (χ2n) is 5.62. The van der Waals surface area contributed by atoms with Gasteiger partial charge >= 0.3 is 5.97 Å². The first kappa shape index (κ1) is 15.6. The standard InChI is InChI=1S/C14H18ClN3O3/c1-14(13(20)21)5-6-18(9-14)12(19)8-17(2)11-4-3-10(15)7-16-11/h3-4,7H,5-6,8-9H2,1-2H3,(H,20,21). The highest BCUT2D eigenvalue weighted by molar-refractivity contribution is 6.30. The van der Waals surface area contributed by atoms with Crippen molar-refractivity contribution in [3.05, 3.63) is 23.4 Å². The summed E-state index contributed by atoms with van der Waals surface area (Å²) in [5, 5.41) is 9.72. The summed E-state index contributed by atoms with van der Waals surface area (Å²) in [6.45, 7) is 2.56. The molecule has 0 saturated carbocycles. The molecule has 1 amide bonds. The fourth-order valence-corrected chi connectivity index (χ4v) is 2.44. The molecule has 1 unspecified atom stereocenters. The Bertz CT molecular complexity index is 549. The lowest BCUT2D eigenvalue weighted by Gasteiger charge is -2.23. The summed E-state index contributed by atoms with van der Waals surface area (Å²) in [4.78, 5) is 30.9. The highest BCUT2D eigenvalue weighted by Crippen LogP contribution is 2.30. The normalized spacial score (nSPS) is 21.4. The maximum atomic E-state index is 12.2. The molecule has 1 atom stereocenters. The summed E-state index contributed by atoms with van der Waals surface area (Å²) in [5.74, 6) is -0.308. The lowest BCUT2D eigenvalue weighted by atomic mass is 9.90. The highest BCUT2D eigenvalue weighted by atomic mass is 35.5. The Balaban J connectivity index is 1.96. The third-order valence-electron chi connectivity index (χ3n) is 3.82. The molecular formula is C14H18ClN3O3. The minimum Gasteiger partial charge on any atom is -0.481 e. The molecule has 114 valence electrons. The number of hydrogen-bond donors (Lipinski definition) is 1. The minimum absolute atomic E-state index is 0.0979. The summed E-state index contributed by atoms with van der Waals surface area (Å²) in [7, 11) is 1.76. The van der Waals surface area contributed by atoms with Gasteiger partial charge in [-0.3, -0.25) is 9.59 Å². The Morgan fingerprint density at radius 3 is 2.76 bits per heavy atom. The predicted octanol–water partition coefficient (Wildman–Crippen LogP) is 1.49. The molecule has 1 aliphatic rings. The van der Waals surface area contributed by atoms with Crippen LogP contribution in [0.5, 0.6) is 0 Å².